The summed E-state index contributed by atoms with van der Waals surface area (Å²) in [5, 5.41) is 22.1. The number of nitrogens with zero attached hydrogens (tertiary/aromatic N) is 4. The Hall–Kier alpha value is -4.27. The maximum Gasteiger partial charge on any atom is 0.295 e. The Morgan fingerprint density at radius 2 is 1.79 bits per heavy atom. The van der Waals surface area contributed by atoms with E-state index >= 15 is 0 Å². The third-order valence-corrected chi connectivity index (χ3v) is 5.66. The zero-order valence-electron chi connectivity index (χ0n) is 17.9. The van der Waals surface area contributed by atoms with Crippen molar-refractivity contribution in [3.63, 3.8) is 0 Å². The number of aliphatic hydroxyl groups is 1. The van der Waals surface area contributed by atoms with Crippen LogP contribution in [0, 0.1) is 17.0 Å². The van der Waals surface area contributed by atoms with Gasteiger partial charge in [0.15, 0.2) is 0 Å². The fourth-order valence-corrected chi connectivity index (χ4v) is 3.95. The molecule has 2 aromatic carbocycles. The van der Waals surface area contributed by atoms with Crippen molar-refractivity contribution in [1.29, 1.82) is 0 Å². The van der Waals surface area contributed by atoms with Gasteiger partial charge in [-0.3, -0.25) is 19.7 Å². The van der Waals surface area contributed by atoms with E-state index in [2.05, 4.69) is 4.98 Å². The highest BCUT2D eigenvalue weighted by molar-refractivity contribution is 6.46. The number of aromatic nitrogens is 2. The maximum atomic E-state index is 13.0. The first-order valence-electron chi connectivity index (χ1n) is 10.4. The van der Waals surface area contributed by atoms with Gasteiger partial charge in [0, 0.05) is 43.2 Å². The molecule has 9 nitrogen and oxygen atoms in total. The molecule has 0 aliphatic carbocycles. The molecule has 1 unspecified atom stereocenters. The Labute approximate surface area is 189 Å². The number of nitro benzene ring substituents is 1. The minimum Gasteiger partial charge on any atom is -0.507 e. The fraction of sp³-hybridized carbons (Fsp3) is 0.208. The largest absolute Gasteiger partial charge is 0.507 e. The van der Waals surface area contributed by atoms with Crippen LogP contribution in [0.25, 0.3) is 5.76 Å². The number of imidazole rings is 1. The number of hydrogen-bond donors (Lipinski definition) is 1. The highest BCUT2D eigenvalue weighted by atomic mass is 16.6. The number of amides is 1. The minimum absolute atomic E-state index is 0.0275. The van der Waals surface area contributed by atoms with E-state index in [4.69, 9.17) is 0 Å². The van der Waals surface area contributed by atoms with Gasteiger partial charge >= 0.3 is 0 Å². The molecule has 4 rings (SSSR count). The summed E-state index contributed by atoms with van der Waals surface area (Å²) in [6, 6.07) is 11.8. The number of nitro groups is 1. The number of carbonyl (C=O) groups excluding carboxylic acids is 2. The second-order valence-corrected chi connectivity index (χ2v) is 7.86. The second-order valence-electron chi connectivity index (χ2n) is 7.86. The molecule has 1 aromatic heterocycles. The van der Waals surface area contributed by atoms with Crippen LogP contribution >= 0.6 is 0 Å². The van der Waals surface area contributed by atoms with E-state index in [1.54, 1.807) is 43.0 Å². The van der Waals surface area contributed by atoms with Crippen molar-refractivity contribution in [2.45, 2.75) is 25.9 Å². The summed E-state index contributed by atoms with van der Waals surface area (Å²) in [7, 11) is 0. The summed E-state index contributed by atoms with van der Waals surface area (Å²) in [5.74, 6) is -1.76. The average Bonchev–Trinajstić information content (AvgIpc) is 3.41. The summed E-state index contributed by atoms with van der Waals surface area (Å²) >= 11 is 0. The summed E-state index contributed by atoms with van der Waals surface area (Å²) in [6.07, 6.45) is 5.68. The molecular formula is C24H22N4O5. The van der Waals surface area contributed by atoms with E-state index in [0.717, 1.165) is 5.56 Å². The molecule has 168 valence electrons. The first-order valence-corrected chi connectivity index (χ1v) is 10.4. The van der Waals surface area contributed by atoms with Crippen LogP contribution in [0.1, 0.15) is 29.2 Å². The van der Waals surface area contributed by atoms with Crippen LogP contribution in [0.2, 0.25) is 0 Å². The molecule has 1 aliphatic rings. The lowest BCUT2D eigenvalue weighted by Crippen LogP contribution is -2.31. The second kappa shape index (κ2) is 9.07. The molecule has 1 saturated heterocycles. The molecule has 3 aromatic rings. The van der Waals surface area contributed by atoms with E-state index in [1.807, 2.05) is 11.5 Å². The minimum atomic E-state index is -0.852. The number of carbonyl (C=O) groups is 2. The number of ketones is 1. The van der Waals surface area contributed by atoms with Crippen LogP contribution in [0.5, 0.6) is 0 Å². The van der Waals surface area contributed by atoms with Crippen LogP contribution < -0.4 is 0 Å². The quantitative estimate of drug-likeness (QED) is 0.195. The predicted molar refractivity (Wildman–Crippen MR) is 120 cm³/mol. The maximum absolute atomic E-state index is 13.0. The van der Waals surface area contributed by atoms with Gasteiger partial charge in [0.25, 0.3) is 17.4 Å². The molecule has 1 atom stereocenters. The number of hydrogen-bond acceptors (Lipinski definition) is 6. The van der Waals surface area contributed by atoms with Crippen LogP contribution in [-0.4, -0.2) is 42.7 Å². The van der Waals surface area contributed by atoms with Gasteiger partial charge in [0.2, 0.25) is 0 Å². The average molecular weight is 446 g/mol. The molecule has 9 heteroatoms. The molecule has 2 heterocycles. The molecule has 33 heavy (non-hydrogen) atoms. The number of likely N-dealkylation sites (tertiary alicyclic amines) is 1. The lowest BCUT2D eigenvalue weighted by atomic mass is 9.95. The Kier molecular flexibility index (Phi) is 6.03. The number of aryl methyl sites for hydroxylation is 2. The van der Waals surface area contributed by atoms with Gasteiger partial charge in [-0.1, -0.05) is 29.8 Å². The van der Waals surface area contributed by atoms with Crippen LogP contribution in [-0.2, 0) is 16.1 Å². The number of non-ortho nitro benzene ring substituents is 1. The number of aliphatic hydroxyl groups excluding tert-OH is 1. The predicted octanol–water partition coefficient (Wildman–Crippen LogP) is 3.61. The highest BCUT2D eigenvalue weighted by Crippen LogP contribution is 2.39. The van der Waals surface area contributed by atoms with E-state index < -0.39 is 22.7 Å². The highest BCUT2D eigenvalue weighted by Gasteiger charge is 2.45. The lowest BCUT2D eigenvalue weighted by molar-refractivity contribution is -0.384. The monoisotopic (exact) mass is 446 g/mol. The Bertz CT molecular complexity index is 1210. The smallest absolute Gasteiger partial charge is 0.295 e. The van der Waals surface area contributed by atoms with Gasteiger partial charge in [-0.25, -0.2) is 4.98 Å². The third kappa shape index (κ3) is 4.38. The number of rotatable bonds is 7. The molecule has 1 N–H and O–H groups in total. The van der Waals surface area contributed by atoms with Crippen molar-refractivity contribution in [1.82, 2.24) is 14.5 Å². The summed E-state index contributed by atoms with van der Waals surface area (Å²) in [5.41, 5.74) is 1.79. The topological polar surface area (TPSA) is 119 Å². The van der Waals surface area contributed by atoms with Gasteiger partial charge in [-0.05, 0) is 31.0 Å². The first-order chi connectivity index (χ1) is 15.9. The van der Waals surface area contributed by atoms with Gasteiger partial charge < -0.3 is 14.6 Å². The van der Waals surface area contributed by atoms with Crippen molar-refractivity contribution < 1.29 is 19.6 Å². The van der Waals surface area contributed by atoms with Crippen molar-refractivity contribution in [3.05, 3.63) is 99.6 Å². The van der Waals surface area contributed by atoms with Gasteiger partial charge in [0.1, 0.15) is 5.76 Å². The summed E-state index contributed by atoms with van der Waals surface area (Å²) in [4.78, 5) is 41.9. The molecule has 1 amide bonds. The van der Waals surface area contributed by atoms with Gasteiger partial charge in [-0.2, -0.15) is 0 Å². The summed E-state index contributed by atoms with van der Waals surface area (Å²) in [6.45, 7) is 2.75. The van der Waals surface area contributed by atoms with Crippen LogP contribution in [0.3, 0.4) is 0 Å². The third-order valence-electron chi connectivity index (χ3n) is 5.66. The first kappa shape index (κ1) is 21.9. The van der Waals surface area contributed by atoms with E-state index in [1.165, 1.54) is 29.2 Å². The number of benzene rings is 2. The zero-order chi connectivity index (χ0) is 23.5. The van der Waals surface area contributed by atoms with Crippen molar-refractivity contribution in [3.8, 4) is 0 Å². The van der Waals surface area contributed by atoms with E-state index in [-0.39, 0.29) is 23.6 Å². The normalized spacial score (nSPS) is 17.5. The molecule has 0 spiro atoms. The Morgan fingerprint density at radius 3 is 2.39 bits per heavy atom. The molecule has 0 saturated carbocycles. The zero-order valence-corrected chi connectivity index (χ0v) is 17.9. The SMILES string of the molecule is Cc1ccc(C(O)=C2C(=O)C(=O)N(CCCn3ccnc3)C2c2ccc([N+](=O)[O-])cc2)cc1. The molecule has 1 aliphatic heterocycles. The molecule has 0 bridgehead atoms. The fourth-order valence-electron chi connectivity index (χ4n) is 3.95. The lowest BCUT2D eigenvalue weighted by Gasteiger charge is -2.25. The Balaban J connectivity index is 1.74. The summed E-state index contributed by atoms with van der Waals surface area (Å²) < 4.78 is 1.86. The van der Waals surface area contributed by atoms with E-state index in [0.29, 0.717) is 24.1 Å². The van der Waals surface area contributed by atoms with Crippen molar-refractivity contribution in [2.24, 2.45) is 0 Å². The van der Waals surface area contributed by atoms with Crippen LogP contribution in [0.4, 0.5) is 5.69 Å². The van der Waals surface area contributed by atoms with Crippen molar-refractivity contribution >= 4 is 23.1 Å². The Morgan fingerprint density at radius 1 is 1.09 bits per heavy atom. The van der Waals surface area contributed by atoms with Crippen molar-refractivity contribution in [2.75, 3.05) is 6.54 Å². The van der Waals surface area contributed by atoms with Gasteiger partial charge in [-0.15, -0.1) is 0 Å². The molecular weight excluding hydrogens is 424 g/mol. The molecule has 1 fully saturated rings. The standard InChI is InChI=1S/C24H22N4O5/c1-16-3-5-18(6-4-16)22(29)20-21(17-7-9-19(10-8-17)28(32)33)27(24(31)23(20)30)13-2-12-26-14-11-25-15-26/h3-11,14-15,21,29H,2,12-13H2,1H3. The number of Topliss-reactive ketones (excluding diaryl/α,β-unsaturated/α-hetero) is 1. The molecule has 0 radical (unpaired) electrons. The van der Waals surface area contributed by atoms with E-state index in [9.17, 15) is 24.8 Å². The van der Waals surface area contributed by atoms with Crippen LogP contribution in [0.15, 0.2) is 72.8 Å². The van der Waals surface area contributed by atoms with Gasteiger partial charge in [0.05, 0.1) is 22.9 Å².